The van der Waals surface area contributed by atoms with Crippen LogP contribution in [0.4, 0.5) is 5.13 Å². The number of aromatic nitrogens is 1. The number of para-hydroxylation sites is 1. The standard InChI is InChI=1S/C13H12N4S/c14-7-3-9-17(10-4-8-15)13-16-11-5-1-2-6-12(11)18-13/h1-2,5-6H,3-4,9-10H2. The molecule has 0 saturated carbocycles. The van der Waals surface area contributed by atoms with E-state index in [9.17, 15) is 0 Å². The maximum Gasteiger partial charge on any atom is 0.186 e. The SMILES string of the molecule is N#CCCN(CCC#N)c1nc2ccccc2s1. The van der Waals surface area contributed by atoms with Gasteiger partial charge in [0, 0.05) is 13.1 Å². The Hall–Kier alpha value is -2.11. The lowest BCUT2D eigenvalue weighted by molar-refractivity contribution is 0.794. The lowest BCUT2D eigenvalue weighted by Gasteiger charge is -2.18. The second-order valence-corrected chi connectivity index (χ2v) is 4.78. The van der Waals surface area contributed by atoms with Crippen LogP contribution in [0, 0.1) is 22.7 Å². The van der Waals surface area contributed by atoms with Crippen molar-refractivity contribution in [1.82, 2.24) is 4.98 Å². The zero-order valence-corrected chi connectivity index (χ0v) is 10.7. The van der Waals surface area contributed by atoms with Gasteiger partial charge in [-0.2, -0.15) is 10.5 Å². The van der Waals surface area contributed by atoms with Gasteiger partial charge in [0.1, 0.15) is 0 Å². The number of hydrogen-bond acceptors (Lipinski definition) is 5. The van der Waals surface area contributed by atoms with Crippen molar-refractivity contribution in [3.8, 4) is 12.1 Å². The van der Waals surface area contributed by atoms with Crippen LogP contribution in [0.1, 0.15) is 12.8 Å². The van der Waals surface area contributed by atoms with Gasteiger partial charge in [-0.3, -0.25) is 0 Å². The molecule has 0 fully saturated rings. The molecule has 0 radical (unpaired) electrons. The first kappa shape index (κ1) is 12.3. The molecule has 1 aromatic carbocycles. The Morgan fingerprint density at radius 3 is 2.39 bits per heavy atom. The summed E-state index contributed by atoms with van der Waals surface area (Å²) in [5.74, 6) is 0. The quantitative estimate of drug-likeness (QED) is 0.825. The van der Waals surface area contributed by atoms with Gasteiger partial charge in [0.25, 0.3) is 0 Å². The average molecular weight is 256 g/mol. The van der Waals surface area contributed by atoms with Gasteiger partial charge in [-0.15, -0.1) is 0 Å². The molecule has 0 spiro atoms. The van der Waals surface area contributed by atoms with E-state index in [0.717, 1.165) is 15.3 Å². The largest absolute Gasteiger partial charge is 0.346 e. The second-order valence-electron chi connectivity index (χ2n) is 3.77. The number of thiazole rings is 1. The van der Waals surface area contributed by atoms with E-state index in [1.54, 1.807) is 11.3 Å². The van der Waals surface area contributed by atoms with Crippen molar-refractivity contribution in [2.45, 2.75) is 12.8 Å². The van der Waals surface area contributed by atoms with Gasteiger partial charge in [-0.1, -0.05) is 23.5 Å². The molecule has 2 rings (SSSR count). The smallest absolute Gasteiger partial charge is 0.186 e. The maximum atomic E-state index is 8.67. The third-order valence-corrected chi connectivity index (χ3v) is 3.64. The fourth-order valence-corrected chi connectivity index (χ4v) is 2.69. The van der Waals surface area contributed by atoms with Gasteiger partial charge in [-0.25, -0.2) is 4.98 Å². The Bertz CT molecular complexity index is 554. The summed E-state index contributed by atoms with van der Waals surface area (Å²) >= 11 is 1.60. The Morgan fingerprint density at radius 2 is 1.78 bits per heavy atom. The van der Waals surface area contributed by atoms with Gasteiger partial charge in [0.15, 0.2) is 5.13 Å². The van der Waals surface area contributed by atoms with Crippen LogP contribution in [0.25, 0.3) is 10.2 Å². The van der Waals surface area contributed by atoms with Gasteiger partial charge in [0.2, 0.25) is 0 Å². The van der Waals surface area contributed by atoms with Gasteiger partial charge < -0.3 is 4.90 Å². The highest BCUT2D eigenvalue weighted by atomic mass is 32.1. The molecular formula is C13H12N4S. The molecule has 0 amide bonds. The fraction of sp³-hybridized carbons (Fsp3) is 0.308. The fourth-order valence-electron chi connectivity index (χ4n) is 1.67. The summed E-state index contributed by atoms with van der Waals surface area (Å²) in [7, 11) is 0. The van der Waals surface area contributed by atoms with E-state index in [-0.39, 0.29) is 0 Å². The topological polar surface area (TPSA) is 63.7 Å². The van der Waals surface area contributed by atoms with Crippen molar-refractivity contribution < 1.29 is 0 Å². The molecule has 18 heavy (non-hydrogen) atoms. The van der Waals surface area contributed by atoms with Gasteiger partial charge >= 0.3 is 0 Å². The van der Waals surface area contributed by atoms with Gasteiger partial charge in [0.05, 0.1) is 35.2 Å². The number of nitriles is 2. The Labute approximate surface area is 110 Å². The van der Waals surface area contributed by atoms with Crippen molar-refractivity contribution in [3.63, 3.8) is 0 Å². The molecule has 0 unspecified atom stereocenters. The van der Waals surface area contributed by atoms with Crippen LogP contribution in [-0.4, -0.2) is 18.1 Å². The zero-order valence-electron chi connectivity index (χ0n) is 9.83. The molecule has 0 atom stereocenters. The Balaban J connectivity index is 2.23. The molecule has 0 bridgehead atoms. The van der Waals surface area contributed by atoms with E-state index < -0.39 is 0 Å². The van der Waals surface area contributed by atoms with Crippen LogP contribution in [0.5, 0.6) is 0 Å². The third-order valence-electron chi connectivity index (χ3n) is 2.54. The predicted molar refractivity (Wildman–Crippen MR) is 72.3 cm³/mol. The molecule has 90 valence electrons. The number of nitrogens with zero attached hydrogens (tertiary/aromatic N) is 4. The van der Waals surface area contributed by atoms with E-state index in [0.29, 0.717) is 25.9 Å². The predicted octanol–water partition coefficient (Wildman–Crippen LogP) is 2.93. The van der Waals surface area contributed by atoms with Crippen LogP contribution in [0.15, 0.2) is 24.3 Å². The summed E-state index contributed by atoms with van der Waals surface area (Å²) in [4.78, 5) is 6.56. The van der Waals surface area contributed by atoms with Crippen LogP contribution in [-0.2, 0) is 0 Å². The highest BCUT2D eigenvalue weighted by Gasteiger charge is 2.11. The first-order valence-electron chi connectivity index (χ1n) is 5.69. The van der Waals surface area contributed by atoms with E-state index in [2.05, 4.69) is 17.1 Å². The van der Waals surface area contributed by atoms with Crippen molar-refractivity contribution in [2.75, 3.05) is 18.0 Å². The first-order chi connectivity index (χ1) is 8.85. The van der Waals surface area contributed by atoms with Crippen molar-refractivity contribution in [3.05, 3.63) is 24.3 Å². The van der Waals surface area contributed by atoms with Crippen LogP contribution in [0.2, 0.25) is 0 Å². The number of hydrogen-bond donors (Lipinski definition) is 0. The second kappa shape index (κ2) is 6.00. The van der Waals surface area contributed by atoms with E-state index in [1.807, 2.05) is 29.2 Å². The average Bonchev–Trinajstić information content (AvgIpc) is 2.82. The minimum absolute atomic E-state index is 0.446. The monoisotopic (exact) mass is 256 g/mol. The number of anilines is 1. The van der Waals surface area contributed by atoms with Crippen LogP contribution < -0.4 is 4.90 Å². The highest BCUT2D eigenvalue weighted by molar-refractivity contribution is 7.22. The zero-order chi connectivity index (χ0) is 12.8. The molecule has 5 heteroatoms. The minimum Gasteiger partial charge on any atom is -0.346 e. The first-order valence-corrected chi connectivity index (χ1v) is 6.51. The summed E-state index contributed by atoms with van der Waals surface area (Å²) in [6, 6.07) is 12.2. The number of benzene rings is 1. The summed E-state index contributed by atoms with van der Waals surface area (Å²) in [5.41, 5.74) is 0.969. The molecule has 2 aromatic rings. The van der Waals surface area contributed by atoms with Crippen LogP contribution >= 0.6 is 11.3 Å². The van der Waals surface area contributed by atoms with Gasteiger partial charge in [-0.05, 0) is 12.1 Å². The normalized spacial score (nSPS) is 9.89. The maximum absolute atomic E-state index is 8.67. The van der Waals surface area contributed by atoms with E-state index in [4.69, 9.17) is 10.5 Å². The minimum atomic E-state index is 0.446. The molecule has 0 aliphatic rings. The van der Waals surface area contributed by atoms with Crippen molar-refractivity contribution in [1.29, 1.82) is 10.5 Å². The number of fused-ring (bicyclic) bond motifs is 1. The molecular weight excluding hydrogens is 244 g/mol. The molecule has 1 heterocycles. The molecule has 0 aliphatic carbocycles. The lowest BCUT2D eigenvalue weighted by atomic mass is 10.3. The summed E-state index contributed by atoms with van der Waals surface area (Å²) in [6.07, 6.45) is 0.892. The number of rotatable bonds is 5. The van der Waals surface area contributed by atoms with Crippen LogP contribution in [0.3, 0.4) is 0 Å². The summed E-state index contributed by atoms with van der Waals surface area (Å²) in [6.45, 7) is 1.25. The highest BCUT2D eigenvalue weighted by Crippen LogP contribution is 2.28. The Kier molecular flexibility index (Phi) is 4.11. The molecule has 0 N–H and O–H groups in total. The molecule has 4 nitrogen and oxygen atoms in total. The summed E-state index contributed by atoms with van der Waals surface area (Å²) < 4.78 is 1.13. The van der Waals surface area contributed by atoms with E-state index in [1.165, 1.54) is 0 Å². The lowest BCUT2D eigenvalue weighted by Crippen LogP contribution is -2.25. The molecule has 0 saturated heterocycles. The summed E-state index contributed by atoms with van der Waals surface area (Å²) in [5, 5.41) is 18.2. The van der Waals surface area contributed by atoms with Crippen molar-refractivity contribution >= 4 is 26.7 Å². The molecule has 0 aliphatic heterocycles. The van der Waals surface area contributed by atoms with E-state index >= 15 is 0 Å². The Morgan fingerprint density at radius 1 is 1.11 bits per heavy atom. The third kappa shape index (κ3) is 2.77. The van der Waals surface area contributed by atoms with Crippen molar-refractivity contribution in [2.24, 2.45) is 0 Å². The molecule has 1 aromatic heterocycles.